The van der Waals surface area contributed by atoms with Crippen LogP contribution in [0.5, 0.6) is 0 Å². The Morgan fingerprint density at radius 3 is 2.58 bits per heavy atom. The fourth-order valence-corrected chi connectivity index (χ4v) is 1.44. The van der Waals surface area contributed by atoms with Crippen LogP contribution in [0.1, 0.15) is 24.7 Å². The number of hydrogen-bond acceptors (Lipinski definition) is 3. The third-order valence-electron chi connectivity index (χ3n) is 2.62. The van der Waals surface area contributed by atoms with Crippen LogP contribution >= 0.6 is 0 Å². The van der Waals surface area contributed by atoms with Crippen molar-refractivity contribution in [2.45, 2.75) is 25.8 Å². The maximum Gasteiger partial charge on any atom is 0.0788 e. The van der Waals surface area contributed by atoms with Crippen LogP contribution in [-0.4, -0.2) is 9.97 Å². The lowest BCUT2D eigenvalue weighted by molar-refractivity contribution is 0.636. The molecule has 3 heteroatoms. The van der Waals surface area contributed by atoms with Crippen molar-refractivity contribution in [1.29, 1.82) is 0 Å². The largest absolute Gasteiger partial charge is 0.320 e. The third kappa shape index (κ3) is 1.01. The quantitative estimate of drug-likeness (QED) is 0.671. The van der Waals surface area contributed by atoms with Crippen LogP contribution in [0.3, 0.4) is 0 Å². The van der Waals surface area contributed by atoms with Gasteiger partial charge in [0.2, 0.25) is 0 Å². The molecule has 2 rings (SSSR count). The first kappa shape index (κ1) is 7.68. The number of aryl methyl sites for hydroxylation is 1. The van der Waals surface area contributed by atoms with Gasteiger partial charge in [-0.25, -0.2) is 0 Å². The van der Waals surface area contributed by atoms with E-state index in [-0.39, 0.29) is 5.54 Å². The lowest BCUT2D eigenvalue weighted by Crippen LogP contribution is -2.23. The molecule has 2 N–H and O–H groups in total. The summed E-state index contributed by atoms with van der Waals surface area (Å²) in [6.07, 6.45) is 4.60. The van der Waals surface area contributed by atoms with E-state index in [2.05, 4.69) is 16.9 Å². The van der Waals surface area contributed by atoms with E-state index in [1.54, 1.807) is 12.4 Å². The highest BCUT2D eigenvalue weighted by Crippen LogP contribution is 2.47. The Morgan fingerprint density at radius 2 is 2.17 bits per heavy atom. The molecule has 1 aromatic rings. The summed E-state index contributed by atoms with van der Waals surface area (Å²) in [6, 6.07) is 0. The fraction of sp³-hybridized carbons (Fsp3) is 0.556. The van der Waals surface area contributed by atoms with Crippen LogP contribution in [-0.2, 0) is 5.54 Å². The molecular formula is C9H13N3. The van der Waals surface area contributed by atoms with Crippen molar-refractivity contribution in [3.8, 4) is 0 Å². The Labute approximate surface area is 72.0 Å². The summed E-state index contributed by atoms with van der Waals surface area (Å²) in [5, 5.41) is 0. The summed E-state index contributed by atoms with van der Waals surface area (Å²) < 4.78 is 0. The van der Waals surface area contributed by atoms with Gasteiger partial charge in [0.1, 0.15) is 0 Å². The lowest BCUT2D eigenvalue weighted by Gasteiger charge is -2.08. The molecule has 0 saturated heterocycles. The average Bonchev–Trinajstić information content (AvgIpc) is 2.62. The van der Waals surface area contributed by atoms with Crippen LogP contribution in [0.25, 0.3) is 0 Å². The van der Waals surface area contributed by atoms with Crippen molar-refractivity contribution in [1.82, 2.24) is 9.97 Å². The van der Waals surface area contributed by atoms with Crippen LogP contribution < -0.4 is 5.73 Å². The molecule has 3 nitrogen and oxygen atoms in total. The normalized spacial score (nSPS) is 33.4. The minimum atomic E-state index is -0.180. The van der Waals surface area contributed by atoms with E-state index < -0.39 is 0 Å². The third-order valence-corrected chi connectivity index (χ3v) is 2.62. The topological polar surface area (TPSA) is 51.8 Å². The van der Waals surface area contributed by atoms with Gasteiger partial charge in [0.15, 0.2) is 0 Å². The molecule has 1 fully saturated rings. The minimum absolute atomic E-state index is 0.180. The van der Waals surface area contributed by atoms with Gasteiger partial charge in [-0.3, -0.25) is 9.97 Å². The standard InChI is InChI=1S/C9H13N3/c1-6-3-9(6,10)8-5-11-7(2)4-12-8/h4-6H,3,10H2,1-2H3. The molecule has 0 aliphatic heterocycles. The second-order valence-electron chi connectivity index (χ2n) is 3.69. The molecule has 0 spiro atoms. The van der Waals surface area contributed by atoms with Gasteiger partial charge in [0, 0.05) is 6.20 Å². The molecular weight excluding hydrogens is 150 g/mol. The molecule has 1 aliphatic rings. The van der Waals surface area contributed by atoms with E-state index in [9.17, 15) is 0 Å². The van der Waals surface area contributed by atoms with Crippen molar-refractivity contribution in [2.75, 3.05) is 0 Å². The molecule has 12 heavy (non-hydrogen) atoms. The number of aromatic nitrogens is 2. The van der Waals surface area contributed by atoms with Crippen LogP contribution in [0.2, 0.25) is 0 Å². The van der Waals surface area contributed by atoms with E-state index in [4.69, 9.17) is 5.73 Å². The number of nitrogens with two attached hydrogens (primary N) is 1. The van der Waals surface area contributed by atoms with Gasteiger partial charge in [-0.15, -0.1) is 0 Å². The Kier molecular flexibility index (Phi) is 1.45. The Morgan fingerprint density at radius 1 is 1.50 bits per heavy atom. The first-order valence-electron chi connectivity index (χ1n) is 4.21. The first-order valence-corrected chi connectivity index (χ1v) is 4.21. The summed E-state index contributed by atoms with van der Waals surface area (Å²) >= 11 is 0. The molecule has 0 radical (unpaired) electrons. The van der Waals surface area contributed by atoms with Gasteiger partial charge in [-0.05, 0) is 19.3 Å². The predicted octanol–water partition coefficient (Wildman–Crippen LogP) is 0.979. The van der Waals surface area contributed by atoms with Crippen molar-refractivity contribution in [2.24, 2.45) is 11.7 Å². The number of hydrogen-bond donors (Lipinski definition) is 1. The van der Waals surface area contributed by atoms with Crippen molar-refractivity contribution in [3.05, 3.63) is 23.8 Å². The lowest BCUT2D eigenvalue weighted by atomic mass is 10.1. The summed E-state index contributed by atoms with van der Waals surface area (Å²) in [4.78, 5) is 8.45. The highest BCUT2D eigenvalue weighted by atomic mass is 14.9. The van der Waals surface area contributed by atoms with E-state index >= 15 is 0 Å². The second kappa shape index (κ2) is 2.26. The van der Waals surface area contributed by atoms with Crippen molar-refractivity contribution in [3.63, 3.8) is 0 Å². The van der Waals surface area contributed by atoms with Crippen LogP contribution in [0.15, 0.2) is 12.4 Å². The molecule has 1 aromatic heterocycles. The van der Waals surface area contributed by atoms with E-state index in [0.717, 1.165) is 17.8 Å². The molecule has 1 heterocycles. The van der Waals surface area contributed by atoms with E-state index in [0.29, 0.717) is 5.92 Å². The molecule has 64 valence electrons. The summed E-state index contributed by atoms with van der Waals surface area (Å²) in [7, 11) is 0. The average molecular weight is 163 g/mol. The van der Waals surface area contributed by atoms with Gasteiger partial charge < -0.3 is 5.73 Å². The maximum absolute atomic E-state index is 6.06. The summed E-state index contributed by atoms with van der Waals surface area (Å²) in [6.45, 7) is 4.07. The summed E-state index contributed by atoms with van der Waals surface area (Å²) in [5.41, 5.74) is 7.75. The van der Waals surface area contributed by atoms with Gasteiger partial charge >= 0.3 is 0 Å². The SMILES string of the molecule is Cc1cnc(C2(N)CC2C)cn1. The Balaban J connectivity index is 2.31. The smallest absolute Gasteiger partial charge is 0.0788 e. The van der Waals surface area contributed by atoms with E-state index in [1.807, 2.05) is 6.92 Å². The predicted molar refractivity (Wildman–Crippen MR) is 46.4 cm³/mol. The monoisotopic (exact) mass is 163 g/mol. The molecule has 0 amide bonds. The zero-order valence-corrected chi connectivity index (χ0v) is 7.41. The van der Waals surface area contributed by atoms with Crippen molar-refractivity contribution >= 4 is 0 Å². The minimum Gasteiger partial charge on any atom is -0.320 e. The van der Waals surface area contributed by atoms with Crippen LogP contribution in [0, 0.1) is 12.8 Å². The molecule has 2 atom stereocenters. The van der Waals surface area contributed by atoms with Gasteiger partial charge in [0.05, 0.1) is 23.1 Å². The zero-order valence-electron chi connectivity index (χ0n) is 7.41. The van der Waals surface area contributed by atoms with Crippen LogP contribution in [0.4, 0.5) is 0 Å². The van der Waals surface area contributed by atoms with Gasteiger partial charge in [-0.2, -0.15) is 0 Å². The Hall–Kier alpha value is -0.960. The van der Waals surface area contributed by atoms with E-state index in [1.165, 1.54) is 0 Å². The highest BCUT2D eigenvalue weighted by Gasteiger charge is 2.50. The summed E-state index contributed by atoms with van der Waals surface area (Å²) in [5.74, 6) is 0.550. The molecule has 0 aromatic carbocycles. The van der Waals surface area contributed by atoms with Gasteiger partial charge in [0.25, 0.3) is 0 Å². The molecule has 0 bridgehead atoms. The van der Waals surface area contributed by atoms with Gasteiger partial charge in [-0.1, -0.05) is 6.92 Å². The zero-order chi connectivity index (χ0) is 8.77. The van der Waals surface area contributed by atoms with Crippen molar-refractivity contribution < 1.29 is 0 Å². The highest BCUT2D eigenvalue weighted by molar-refractivity contribution is 5.22. The maximum atomic E-state index is 6.06. The fourth-order valence-electron chi connectivity index (χ4n) is 1.44. The second-order valence-corrected chi connectivity index (χ2v) is 3.69. The molecule has 2 unspecified atom stereocenters. The first-order chi connectivity index (χ1) is 5.63. The number of rotatable bonds is 1. The Bertz CT molecular complexity index is 293. The molecule has 1 aliphatic carbocycles. The molecule has 1 saturated carbocycles. The number of nitrogens with zero attached hydrogens (tertiary/aromatic N) is 2.